The molecular weight excluding hydrogens is 290 g/mol. The van der Waals surface area contributed by atoms with Crippen LogP contribution in [0.5, 0.6) is 0 Å². The third-order valence-corrected chi connectivity index (χ3v) is 4.61. The van der Waals surface area contributed by atoms with Crippen molar-refractivity contribution in [2.24, 2.45) is 0 Å². The molecule has 0 atom stereocenters. The van der Waals surface area contributed by atoms with Gasteiger partial charge in [-0.2, -0.15) is 5.10 Å². The molecule has 2 N–H and O–H groups in total. The maximum absolute atomic E-state index is 11.9. The fourth-order valence-corrected chi connectivity index (χ4v) is 3.09. The second-order valence-corrected chi connectivity index (χ2v) is 6.38. The summed E-state index contributed by atoms with van der Waals surface area (Å²) in [7, 11) is -3.47. The van der Waals surface area contributed by atoms with E-state index >= 15 is 0 Å². The number of sulfonamides is 1. The molecule has 0 bridgehead atoms. The van der Waals surface area contributed by atoms with E-state index in [1.165, 1.54) is 12.4 Å². The van der Waals surface area contributed by atoms with Gasteiger partial charge in [0.15, 0.2) is 0 Å². The molecule has 0 aliphatic carbocycles. The van der Waals surface area contributed by atoms with E-state index in [0.717, 1.165) is 11.0 Å². The molecule has 0 aliphatic heterocycles. The van der Waals surface area contributed by atoms with Crippen molar-refractivity contribution in [1.29, 1.82) is 0 Å². The summed E-state index contributed by atoms with van der Waals surface area (Å²) in [6.45, 7) is 1.06. The second-order valence-electron chi connectivity index (χ2n) is 4.61. The van der Waals surface area contributed by atoms with Gasteiger partial charge in [0.2, 0.25) is 10.0 Å². The van der Waals surface area contributed by atoms with E-state index in [2.05, 4.69) is 19.9 Å². The zero-order valence-electron chi connectivity index (χ0n) is 11.2. The Bertz CT molecular complexity index is 823. The van der Waals surface area contributed by atoms with E-state index < -0.39 is 10.0 Å². The van der Waals surface area contributed by atoms with E-state index in [4.69, 9.17) is 0 Å². The first kappa shape index (κ1) is 13.8. The molecule has 7 nitrogen and oxygen atoms in total. The molecule has 0 fully saturated rings. The van der Waals surface area contributed by atoms with Gasteiger partial charge >= 0.3 is 0 Å². The number of imidazole rings is 1. The highest BCUT2D eigenvalue weighted by molar-refractivity contribution is 7.89. The number of aryl methyl sites for hydroxylation is 1. The van der Waals surface area contributed by atoms with Crippen LogP contribution >= 0.6 is 0 Å². The molecule has 21 heavy (non-hydrogen) atoms. The Hall–Kier alpha value is -2.19. The van der Waals surface area contributed by atoms with Gasteiger partial charge in [-0.3, -0.25) is 5.10 Å². The molecule has 110 valence electrons. The summed E-state index contributed by atoms with van der Waals surface area (Å²) in [5.41, 5.74) is 1.99. The van der Waals surface area contributed by atoms with E-state index in [1.54, 1.807) is 6.33 Å². The number of nitrogens with zero attached hydrogens (tertiary/aromatic N) is 3. The van der Waals surface area contributed by atoms with E-state index in [-0.39, 0.29) is 4.90 Å². The van der Waals surface area contributed by atoms with Crippen LogP contribution in [-0.4, -0.2) is 34.7 Å². The molecule has 3 rings (SSSR count). The van der Waals surface area contributed by atoms with Gasteiger partial charge in [-0.25, -0.2) is 18.1 Å². The molecule has 0 amide bonds. The van der Waals surface area contributed by atoms with Crippen LogP contribution in [0.25, 0.3) is 11.0 Å². The topological polar surface area (TPSA) is 92.7 Å². The SMILES string of the molecule is O=S(=O)(NCCCn1cnc2ccccc21)c1cn[nH]c1. The van der Waals surface area contributed by atoms with Crippen molar-refractivity contribution in [1.82, 2.24) is 24.5 Å². The average molecular weight is 305 g/mol. The summed E-state index contributed by atoms with van der Waals surface area (Å²) in [6, 6.07) is 7.85. The van der Waals surface area contributed by atoms with Gasteiger partial charge < -0.3 is 4.57 Å². The number of aromatic nitrogens is 4. The minimum Gasteiger partial charge on any atom is -0.331 e. The first-order chi connectivity index (χ1) is 10.2. The van der Waals surface area contributed by atoms with Crippen molar-refractivity contribution >= 4 is 21.1 Å². The molecule has 2 aromatic heterocycles. The molecule has 2 heterocycles. The lowest BCUT2D eigenvalue weighted by Gasteiger charge is -2.06. The molecule has 8 heteroatoms. The predicted molar refractivity (Wildman–Crippen MR) is 78.1 cm³/mol. The van der Waals surface area contributed by atoms with Crippen LogP contribution in [0.1, 0.15) is 6.42 Å². The third-order valence-electron chi connectivity index (χ3n) is 3.18. The molecule has 0 saturated carbocycles. The van der Waals surface area contributed by atoms with Gasteiger partial charge in [0.05, 0.1) is 23.6 Å². The van der Waals surface area contributed by atoms with Crippen molar-refractivity contribution in [3.8, 4) is 0 Å². The summed E-state index contributed by atoms with van der Waals surface area (Å²) in [4.78, 5) is 4.45. The van der Waals surface area contributed by atoms with Crippen molar-refractivity contribution in [3.63, 3.8) is 0 Å². The molecular formula is C13H15N5O2S. The Morgan fingerprint density at radius 3 is 2.95 bits per heavy atom. The van der Waals surface area contributed by atoms with Gasteiger partial charge in [0.1, 0.15) is 4.90 Å². The van der Waals surface area contributed by atoms with Gasteiger partial charge in [-0.05, 0) is 18.6 Å². The smallest absolute Gasteiger partial charge is 0.243 e. The summed E-state index contributed by atoms with van der Waals surface area (Å²) < 4.78 is 28.3. The van der Waals surface area contributed by atoms with E-state index in [1.807, 2.05) is 28.8 Å². The standard InChI is InChI=1S/C13H15N5O2S/c19-21(20,11-8-15-16-9-11)17-6-3-7-18-10-14-12-4-1-2-5-13(12)18/h1-2,4-5,8-10,17H,3,6-7H2,(H,15,16). The Balaban J connectivity index is 1.57. The van der Waals surface area contributed by atoms with Crippen molar-refractivity contribution in [3.05, 3.63) is 43.0 Å². The monoisotopic (exact) mass is 305 g/mol. The first-order valence-corrected chi connectivity index (χ1v) is 8.03. The van der Waals surface area contributed by atoms with Crippen molar-refractivity contribution < 1.29 is 8.42 Å². The number of hydrogen-bond donors (Lipinski definition) is 2. The normalized spacial score (nSPS) is 12.0. The minimum atomic E-state index is -3.47. The Morgan fingerprint density at radius 2 is 2.14 bits per heavy atom. The zero-order chi connectivity index (χ0) is 14.7. The van der Waals surface area contributed by atoms with Gasteiger partial charge in [-0.1, -0.05) is 12.1 Å². The van der Waals surface area contributed by atoms with Gasteiger partial charge in [0.25, 0.3) is 0 Å². The Kier molecular flexibility index (Phi) is 3.72. The van der Waals surface area contributed by atoms with Crippen LogP contribution in [0, 0.1) is 0 Å². The van der Waals surface area contributed by atoms with Crippen LogP contribution in [0.2, 0.25) is 0 Å². The number of para-hydroxylation sites is 2. The van der Waals surface area contributed by atoms with Crippen LogP contribution in [0.3, 0.4) is 0 Å². The fraction of sp³-hybridized carbons (Fsp3) is 0.231. The second kappa shape index (κ2) is 5.66. The number of rotatable bonds is 6. The van der Waals surface area contributed by atoms with Crippen molar-refractivity contribution in [2.45, 2.75) is 17.9 Å². The highest BCUT2D eigenvalue weighted by atomic mass is 32.2. The van der Waals surface area contributed by atoms with E-state index in [0.29, 0.717) is 19.5 Å². The molecule has 3 aromatic rings. The molecule has 0 aliphatic rings. The van der Waals surface area contributed by atoms with Crippen LogP contribution < -0.4 is 4.72 Å². The highest BCUT2D eigenvalue weighted by Gasteiger charge is 2.13. The summed E-state index contributed by atoms with van der Waals surface area (Å²) in [5, 5.41) is 6.12. The number of aromatic amines is 1. The fourth-order valence-electron chi connectivity index (χ4n) is 2.11. The van der Waals surface area contributed by atoms with Crippen LogP contribution in [-0.2, 0) is 16.6 Å². The lowest BCUT2D eigenvalue weighted by Crippen LogP contribution is -2.25. The third kappa shape index (κ3) is 2.96. The highest BCUT2D eigenvalue weighted by Crippen LogP contribution is 2.12. The minimum absolute atomic E-state index is 0.149. The summed E-state index contributed by atoms with van der Waals surface area (Å²) >= 11 is 0. The number of H-pyrrole nitrogens is 1. The Labute approximate surface area is 122 Å². The summed E-state index contributed by atoms with van der Waals surface area (Å²) in [5.74, 6) is 0. The van der Waals surface area contributed by atoms with Gasteiger partial charge in [-0.15, -0.1) is 0 Å². The molecule has 0 unspecified atom stereocenters. The number of hydrogen-bond acceptors (Lipinski definition) is 4. The number of benzene rings is 1. The molecule has 0 spiro atoms. The quantitative estimate of drug-likeness (QED) is 0.668. The average Bonchev–Trinajstić information content (AvgIpc) is 3.14. The van der Waals surface area contributed by atoms with Gasteiger partial charge in [0, 0.05) is 19.3 Å². The lowest BCUT2D eigenvalue weighted by atomic mass is 10.3. The number of nitrogens with one attached hydrogen (secondary N) is 2. The maximum Gasteiger partial charge on any atom is 0.243 e. The first-order valence-electron chi connectivity index (χ1n) is 6.55. The Morgan fingerprint density at radius 1 is 1.29 bits per heavy atom. The molecule has 1 aromatic carbocycles. The molecule has 0 radical (unpaired) electrons. The van der Waals surface area contributed by atoms with Crippen molar-refractivity contribution in [2.75, 3.05) is 6.54 Å². The molecule has 0 saturated heterocycles. The zero-order valence-corrected chi connectivity index (χ0v) is 12.0. The van der Waals surface area contributed by atoms with E-state index in [9.17, 15) is 8.42 Å². The van der Waals surface area contributed by atoms with Crippen LogP contribution in [0.15, 0.2) is 47.9 Å². The summed E-state index contributed by atoms with van der Waals surface area (Å²) in [6.07, 6.45) is 5.09. The maximum atomic E-state index is 11.9. The lowest BCUT2D eigenvalue weighted by molar-refractivity contribution is 0.571. The largest absolute Gasteiger partial charge is 0.331 e. The number of fused-ring (bicyclic) bond motifs is 1. The predicted octanol–water partition coefficient (Wildman–Crippen LogP) is 1.13. The van der Waals surface area contributed by atoms with Crippen LogP contribution in [0.4, 0.5) is 0 Å².